The van der Waals surface area contributed by atoms with Gasteiger partial charge < -0.3 is 5.73 Å². The van der Waals surface area contributed by atoms with E-state index in [0.29, 0.717) is 5.25 Å². The molecule has 78 valence electrons. The van der Waals surface area contributed by atoms with Crippen molar-refractivity contribution >= 4 is 27.7 Å². The normalized spacial score (nSPS) is 13.3. The Bertz CT molecular complexity index is 310. The van der Waals surface area contributed by atoms with E-state index in [4.69, 9.17) is 5.73 Å². The van der Waals surface area contributed by atoms with E-state index >= 15 is 0 Å². The Hall–Kier alpha value is 0.01000. The molecule has 1 aromatic rings. The summed E-state index contributed by atoms with van der Waals surface area (Å²) in [7, 11) is 0. The molecule has 1 aromatic carbocycles. The van der Waals surface area contributed by atoms with Gasteiger partial charge in [0, 0.05) is 20.7 Å². The minimum atomic E-state index is 0.101. The van der Waals surface area contributed by atoms with E-state index < -0.39 is 0 Å². The average molecular weight is 274 g/mol. The highest BCUT2D eigenvalue weighted by molar-refractivity contribution is 9.10. The molecule has 0 saturated heterocycles. The molecule has 14 heavy (non-hydrogen) atoms. The van der Waals surface area contributed by atoms with Crippen LogP contribution in [-0.4, -0.2) is 5.25 Å². The number of thioether (sulfide) groups is 1. The maximum atomic E-state index is 5.81. The fraction of sp³-hybridized carbons (Fsp3) is 0.455. The Morgan fingerprint density at radius 3 is 2.36 bits per heavy atom. The van der Waals surface area contributed by atoms with Crippen LogP contribution in [0.4, 0.5) is 0 Å². The van der Waals surface area contributed by atoms with Crippen molar-refractivity contribution in [3.05, 3.63) is 28.2 Å². The zero-order valence-electron chi connectivity index (χ0n) is 8.75. The summed E-state index contributed by atoms with van der Waals surface area (Å²) in [5.74, 6) is 0. The van der Waals surface area contributed by atoms with E-state index in [1.807, 2.05) is 18.7 Å². The second kappa shape index (κ2) is 5.19. The maximum absolute atomic E-state index is 5.81. The molecule has 1 atom stereocenters. The molecular weight excluding hydrogens is 258 g/mol. The molecule has 0 aliphatic rings. The molecule has 1 rings (SSSR count). The summed E-state index contributed by atoms with van der Waals surface area (Å²) in [6, 6.07) is 6.44. The highest BCUT2D eigenvalue weighted by Gasteiger charge is 2.06. The van der Waals surface area contributed by atoms with Crippen molar-refractivity contribution in [1.82, 2.24) is 0 Å². The van der Waals surface area contributed by atoms with Crippen LogP contribution in [0.5, 0.6) is 0 Å². The summed E-state index contributed by atoms with van der Waals surface area (Å²) < 4.78 is 1.14. The van der Waals surface area contributed by atoms with Crippen molar-refractivity contribution in [3.63, 3.8) is 0 Å². The van der Waals surface area contributed by atoms with E-state index in [0.717, 1.165) is 4.47 Å². The number of rotatable bonds is 3. The van der Waals surface area contributed by atoms with Gasteiger partial charge >= 0.3 is 0 Å². The molecule has 0 saturated carbocycles. The Labute approximate surface area is 98.6 Å². The molecule has 0 spiro atoms. The lowest BCUT2D eigenvalue weighted by atomic mass is 10.1. The fourth-order valence-electron chi connectivity index (χ4n) is 1.15. The van der Waals surface area contributed by atoms with Gasteiger partial charge in [-0.25, -0.2) is 0 Å². The van der Waals surface area contributed by atoms with Crippen molar-refractivity contribution in [2.75, 3.05) is 0 Å². The lowest BCUT2D eigenvalue weighted by Crippen LogP contribution is -2.04. The topological polar surface area (TPSA) is 26.0 Å². The highest BCUT2D eigenvalue weighted by atomic mass is 79.9. The van der Waals surface area contributed by atoms with E-state index in [9.17, 15) is 0 Å². The lowest BCUT2D eigenvalue weighted by Gasteiger charge is -2.11. The smallest absolute Gasteiger partial charge is 0.0314 e. The molecule has 0 unspecified atom stereocenters. The lowest BCUT2D eigenvalue weighted by molar-refractivity contribution is 0.815. The number of halogens is 1. The van der Waals surface area contributed by atoms with Crippen LogP contribution in [0.25, 0.3) is 0 Å². The first-order valence-corrected chi connectivity index (χ1v) is 6.39. The molecule has 3 heteroatoms. The van der Waals surface area contributed by atoms with Crippen LogP contribution >= 0.6 is 27.7 Å². The van der Waals surface area contributed by atoms with Gasteiger partial charge in [0.15, 0.2) is 0 Å². The number of hydrogen-bond acceptors (Lipinski definition) is 2. The molecule has 2 N–H and O–H groups in total. The Kier molecular flexibility index (Phi) is 4.48. The summed E-state index contributed by atoms with van der Waals surface area (Å²) >= 11 is 5.43. The highest BCUT2D eigenvalue weighted by Crippen LogP contribution is 2.32. The first kappa shape index (κ1) is 12.1. The number of benzene rings is 1. The van der Waals surface area contributed by atoms with Gasteiger partial charge in [0.2, 0.25) is 0 Å². The zero-order chi connectivity index (χ0) is 10.7. The minimum Gasteiger partial charge on any atom is -0.324 e. The van der Waals surface area contributed by atoms with Gasteiger partial charge in [0.25, 0.3) is 0 Å². The quantitative estimate of drug-likeness (QED) is 0.844. The van der Waals surface area contributed by atoms with Gasteiger partial charge in [-0.05, 0) is 40.5 Å². The third-order valence-corrected chi connectivity index (χ3v) is 3.84. The van der Waals surface area contributed by atoms with Crippen LogP contribution in [0.15, 0.2) is 27.6 Å². The molecule has 0 fully saturated rings. The van der Waals surface area contributed by atoms with Crippen molar-refractivity contribution in [3.8, 4) is 0 Å². The third kappa shape index (κ3) is 3.30. The summed E-state index contributed by atoms with van der Waals surface area (Å²) in [4.78, 5) is 1.28. The first-order valence-electron chi connectivity index (χ1n) is 4.72. The third-order valence-electron chi connectivity index (χ3n) is 1.84. The average Bonchev–Trinajstić information content (AvgIpc) is 2.07. The molecule has 0 aromatic heterocycles. The summed E-state index contributed by atoms with van der Waals surface area (Å²) in [5, 5.41) is 0.604. The second-order valence-corrected chi connectivity index (χ2v) is 6.12. The standard InChI is InChI=1S/C11H16BrNS/c1-7(2)14-11-5-4-9(8(3)13)6-10(11)12/h4-8H,13H2,1-3H3/t8-/m0/s1. The molecule has 0 heterocycles. The van der Waals surface area contributed by atoms with Gasteiger partial charge in [-0.3, -0.25) is 0 Å². The molecule has 0 bridgehead atoms. The van der Waals surface area contributed by atoms with Crippen molar-refractivity contribution in [1.29, 1.82) is 0 Å². The van der Waals surface area contributed by atoms with E-state index in [2.05, 4.69) is 48.0 Å². The van der Waals surface area contributed by atoms with Crippen LogP contribution in [0.2, 0.25) is 0 Å². The Morgan fingerprint density at radius 1 is 1.29 bits per heavy atom. The summed E-state index contributed by atoms with van der Waals surface area (Å²) in [5.41, 5.74) is 6.98. The van der Waals surface area contributed by atoms with Crippen molar-refractivity contribution in [2.24, 2.45) is 5.73 Å². The van der Waals surface area contributed by atoms with Crippen LogP contribution in [-0.2, 0) is 0 Å². The zero-order valence-corrected chi connectivity index (χ0v) is 11.2. The monoisotopic (exact) mass is 273 g/mol. The van der Waals surface area contributed by atoms with Gasteiger partial charge in [0.1, 0.15) is 0 Å². The van der Waals surface area contributed by atoms with Gasteiger partial charge in [-0.2, -0.15) is 0 Å². The summed E-state index contributed by atoms with van der Waals surface area (Å²) in [6.07, 6.45) is 0. The molecule has 0 amide bonds. The van der Waals surface area contributed by atoms with E-state index in [-0.39, 0.29) is 6.04 Å². The fourth-order valence-corrected chi connectivity index (χ4v) is 2.65. The first-order chi connectivity index (χ1) is 6.50. The molecule has 1 nitrogen and oxygen atoms in total. The molecule has 0 aliphatic heterocycles. The largest absolute Gasteiger partial charge is 0.324 e. The molecule has 0 aliphatic carbocycles. The second-order valence-electron chi connectivity index (χ2n) is 3.65. The molecular formula is C11H16BrNS. The predicted octanol–water partition coefficient (Wildman–Crippen LogP) is 3.97. The maximum Gasteiger partial charge on any atom is 0.0314 e. The molecule has 0 radical (unpaired) electrons. The van der Waals surface area contributed by atoms with Gasteiger partial charge in [-0.15, -0.1) is 11.8 Å². The van der Waals surface area contributed by atoms with E-state index in [1.165, 1.54) is 10.5 Å². The van der Waals surface area contributed by atoms with Gasteiger partial charge in [-0.1, -0.05) is 19.9 Å². The van der Waals surface area contributed by atoms with Crippen LogP contribution in [0.3, 0.4) is 0 Å². The van der Waals surface area contributed by atoms with Crippen LogP contribution in [0, 0.1) is 0 Å². The number of nitrogens with two attached hydrogens (primary N) is 1. The SMILES string of the molecule is CC(C)Sc1ccc([C@H](C)N)cc1Br. The summed E-state index contributed by atoms with van der Waals surface area (Å²) in [6.45, 7) is 6.38. The van der Waals surface area contributed by atoms with Crippen LogP contribution in [0.1, 0.15) is 32.4 Å². The van der Waals surface area contributed by atoms with Crippen molar-refractivity contribution < 1.29 is 0 Å². The van der Waals surface area contributed by atoms with E-state index in [1.54, 1.807) is 0 Å². The van der Waals surface area contributed by atoms with Gasteiger partial charge in [0.05, 0.1) is 0 Å². The van der Waals surface area contributed by atoms with Crippen molar-refractivity contribution in [2.45, 2.75) is 37.0 Å². The van der Waals surface area contributed by atoms with Crippen LogP contribution < -0.4 is 5.73 Å². The minimum absolute atomic E-state index is 0.101. The Morgan fingerprint density at radius 2 is 1.93 bits per heavy atom. The Balaban J connectivity index is 2.90. The predicted molar refractivity (Wildman–Crippen MR) is 67.7 cm³/mol. The number of hydrogen-bond donors (Lipinski definition) is 1.